The van der Waals surface area contributed by atoms with E-state index in [2.05, 4.69) is 48.2 Å². The van der Waals surface area contributed by atoms with Crippen LogP contribution in [0.2, 0.25) is 0 Å². The van der Waals surface area contributed by atoms with Crippen molar-refractivity contribution in [2.75, 3.05) is 52.3 Å². The number of piperazine rings is 1. The number of aryl methyl sites for hydroxylation is 1. The number of carbonyl (C=O) groups is 1. The number of anilines is 1. The average Bonchev–Trinajstić information content (AvgIpc) is 2.78. The first kappa shape index (κ1) is 21.0. The van der Waals surface area contributed by atoms with Gasteiger partial charge in [0.2, 0.25) is 0 Å². The van der Waals surface area contributed by atoms with Gasteiger partial charge in [-0.25, -0.2) is 4.79 Å². The summed E-state index contributed by atoms with van der Waals surface area (Å²) in [6.07, 6.45) is 0.788. The number of pyridine rings is 1. The number of amides is 2. The molecule has 31 heavy (non-hydrogen) atoms. The van der Waals surface area contributed by atoms with Crippen molar-refractivity contribution in [3.05, 3.63) is 65.4 Å². The van der Waals surface area contributed by atoms with Crippen LogP contribution in [0.3, 0.4) is 0 Å². The van der Waals surface area contributed by atoms with Crippen LogP contribution >= 0.6 is 0 Å². The molecule has 0 radical (unpaired) electrons. The molecule has 1 fully saturated rings. The molecule has 1 aromatic heterocycles. The zero-order valence-corrected chi connectivity index (χ0v) is 18.8. The Balaban J connectivity index is 1.57. The van der Waals surface area contributed by atoms with E-state index in [1.807, 2.05) is 17.0 Å². The molecule has 0 saturated carbocycles. The highest BCUT2D eigenvalue weighted by Crippen LogP contribution is 2.30. The molecule has 162 valence electrons. The molecule has 0 unspecified atom stereocenters. The zero-order chi connectivity index (χ0) is 22.0. The summed E-state index contributed by atoms with van der Waals surface area (Å²) >= 11 is 0. The Morgan fingerprint density at radius 2 is 1.77 bits per heavy atom. The number of hydrogen-bond donors (Lipinski definition) is 0. The quantitative estimate of drug-likeness (QED) is 0.644. The number of urea groups is 1. The maximum Gasteiger partial charge on any atom is 0.319 e. The Morgan fingerprint density at radius 3 is 2.42 bits per heavy atom. The lowest BCUT2D eigenvalue weighted by atomic mass is 10.0. The third kappa shape index (κ3) is 4.43. The predicted molar refractivity (Wildman–Crippen MR) is 125 cm³/mol. The molecular formula is C25H30N4O2. The summed E-state index contributed by atoms with van der Waals surface area (Å²) in [5.41, 5.74) is 5.73. The Morgan fingerprint density at radius 1 is 1.06 bits per heavy atom. The highest BCUT2D eigenvalue weighted by atomic mass is 16.5. The number of rotatable bonds is 4. The van der Waals surface area contributed by atoms with E-state index >= 15 is 0 Å². The van der Waals surface area contributed by atoms with E-state index in [-0.39, 0.29) is 6.03 Å². The van der Waals surface area contributed by atoms with Gasteiger partial charge in [0.05, 0.1) is 12.6 Å². The Kier molecular flexibility index (Phi) is 5.98. The number of aromatic nitrogens is 1. The van der Waals surface area contributed by atoms with Gasteiger partial charge in [-0.1, -0.05) is 18.2 Å². The van der Waals surface area contributed by atoms with Crippen LogP contribution in [0, 0.1) is 6.92 Å². The molecule has 0 N–H and O–H groups in total. The number of methoxy groups -OCH3 is 1. The van der Waals surface area contributed by atoms with Gasteiger partial charge in [0.1, 0.15) is 5.75 Å². The van der Waals surface area contributed by atoms with E-state index in [0.717, 1.165) is 49.6 Å². The maximum absolute atomic E-state index is 12.2. The summed E-state index contributed by atoms with van der Waals surface area (Å²) in [5, 5.41) is 1.20. The molecule has 0 bridgehead atoms. The van der Waals surface area contributed by atoms with E-state index in [1.54, 1.807) is 26.1 Å². The van der Waals surface area contributed by atoms with Gasteiger partial charge in [0, 0.05) is 63.5 Å². The molecule has 6 nitrogen and oxygen atoms in total. The first-order chi connectivity index (χ1) is 15.0. The summed E-state index contributed by atoms with van der Waals surface area (Å²) in [4.78, 5) is 23.1. The lowest BCUT2D eigenvalue weighted by Crippen LogP contribution is -2.51. The smallest absolute Gasteiger partial charge is 0.319 e. The second-order valence-electron chi connectivity index (χ2n) is 8.28. The van der Waals surface area contributed by atoms with E-state index < -0.39 is 0 Å². The lowest BCUT2D eigenvalue weighted by molar-refractivity contribution is 0.168. The van der Waals surface area contributed by atoms with Gasteiger partial charge in [0.25, 0.3) is 0 Å². The molecule has 3 aromatic rings. The fourth-order valence-corrected chi connectivity index (χ4v) is 4.26. The van der Waals surface area contributed by atoms with Gasteiger partial charge < -0.3 is 19.4 Å². The number of carbonyl (C=O) groups excluding carboxylic acids is 1. The standard InChI is InChI=1S/C25H30N4O2/c1-18-16-20(17-19-8-10-21(31-4)11-9-19)26-22-6-5-7-23(24(18)22)28-12-14-29(15-13-28)25(30)27(2)3/h5-11,16H,12-15,17H2,1-4H3. The molecule has 2 heterocycles. The van der Waals surface area contributed by atoms with Crippen molar-refractivity contribution in [3.63, 3.8) is 0 Å². The van der Waals surface area contributed by atoms with E-state index in [4.69, 9.17) is 9.72 Å². The van der Waals surface area contributed by atoms with Gasteiger partial charge in [-0.15, -0.1) is 0 Å². The van der Waals surface area contributed by atoms with E-state index in [9.17, 15) is 4.79 Å². The largest absolute Gasteiger partial charge is 0.497 e. The molecule has 1 aliphatic rings. The minimum atomic E-state index is 0.0820. The second-order valence-corrected chi connectivity index (χ2v) is 8.28. The minimum absolute atomic E-state index is 0.0820. The molecule has 6 heteroatoms. The van der Waals surface area contributed by atoms with E-state index in [1.165, 1.54) is 22.2 Å². The van der Waals surface area contributed by atoms with Crippen LogP contribution in [0.15, 0.2) is 48.5 Å². The van der Waals surface area contributed by atoms with Crippen LogP contribution in [-0.4, -0.2) is 68.2 Å². The number of fused-ring (bicyclic) bond motifs is 1. The molecule has 4 rings (SSSR count). The molecule has 0 atom stereocenters. The number of nitrogens with zero attached hydrogens (tertiary/aromatic N) is 4. The number of ether oxygens (including phenoxy) is 1. The van der Waals surface area contributed by atoms with Crippen LogP contribution < -0.4 is 9.64 Å². The summed E-state index contributed by atoms with van der Waals surface area (Å²) in [7, 11) is 5.29. The maximum atomic E-state index is 12.2. The fraction of sp³-hybridized carbons (Fsp3) is 0.360. The Bertz CT molecular complexity index is 1070. The highest BCUT2D eigenvalue weighted by molar-refractivity contribution is 5.94. The predicted octanol–water partition coefficient (Wildman–Crippen LogP) is 3.95. The molecule has 2 aromatic carbocycles. The van der Waals surface area contributed by atoms with Crippen molar-refractivity contribution < 1.29 is 9.53 Å². The zero-order valence-electron chi connectivity index (χ0n) is 18.8. The van der Waals surface area contributed by atoms with Gasteiger partial charge in [-0.3, -0.25) is 4.98 Å². The van der Waals surface area contributed by atoms with Crippen molar-refractivity contribution in [2.24, 2.45) is 0 Å². The summed E-state index contributed by atoms with van der Waals surface area (Å²) < 4.78 is 5.25. The van der Waals surface area contributed by atoms with Crippen molar-refractivity contribution in [1.82, 2.24) is 14.8 Å². The van der Waals surface area contributed by atoms with Gasteiger partial charge in [-0.2, -0.15) is 0 Å². The SMILES string of the molecule is COc1ccc(Cc2cc(C)c3c(N4CCN(C(=O)N(C)C)CC4)cccc3n2)cc1. The number of hydrogen-bond acceptors (Lipinski definition) is 4. The molecule has 2 amide bonds. The fourth-order valence-electron chi connectivity index (χ4n) is 4.26. The second kappa shape index (κ2) is 8.84. The normalized spacial score (nSPS) is 14.1. The summed E-state index contributed by atoms with van der Waals surface area (Å²) in [6.45, 7) is 5.28. The third-order valence-corrected chi connectivity index (χ3v) is 5.88. The topological polar surface area (TPSA) is 48.9 Å². The average molecular weight is 419 g/mol. The van der Waals surface area contributed by atoms with Crippen LogP contribution in [0.25, 0.3) is 10.9 Å². The molecule has 0 spiro atoms. The van der Waals surface area contributed by atoms with Crippen LogP contribution in [0.1, 0.15) is 16.8 Å². The van der Waals surface area contributed by atoms with Gasteiger partial charge in [-0.05, 0) is 48.4 Å². The van der Waals surface area contributed by atoms with Crippen molar-refractivity contribution in [1.29, 1.82) is 0 Å². The van der Waals surface area contributed by atoms with Crippen LogP contribution in [0.4, 0.5) is 10.5 Å². The lowest BCUT2D eigenvalue weighted by Gasteiger charge is -2.37. The molecule has 1 aliphatic heterocycles. The Hall–Kier alpha value is -3.28. The summed E-state index contributed by atoms with van der Waals surface area (Å²) in [5.74, 6) is 0.864. The molecular weight excluding hydrogens is 388 g/mol. The Labute approximate surface area is 184 Å². The van der Waals surface area contributed by atoms with Crippen molar-refractivity contribution in [2.45, 2.75) is 13.3 Å². The molecule has 0 aliphatic carbocycles. The highest BCUT2D eigenvalue weighted by Gasteiger charge is 2.23. The molecule has 1 saturated heterocycles. The van der Waals surface area contributed by atoms with Crippen LogP contribution in [0.5, 0.6) is 5.75 Å². The van der Waals surface area contributed by atoms with E-state index in [0.29, 0.717) is 0 Å². The van der Waals surface area contributed by atoms with Gasteiger partial charge >= 0.3 is 6.03 Å². The van der Waals surface area contributed by atoms with Gasteiger partial charge in [0.15, 0.2) is 0 Å². The summed E-state index contributed by atoms with van der Waals surface area (Å²) in [6, 6.07) is 16.8. The monoisotopic (exact) mass is 418 g/mol. The minimum Gasteiger partial charge on any atom is -0.497 e. The van der Waals surface area contributed by atoms with Crippen molar-refractivity contribution in [3.8, 4) is 5.75 Å². The number of benzene rings is 2. The van der Waals surface area contributed by atoms with Crippen LogP contribution in [-0.2, 0) is 6.42 Å². The first-order valence-electron chi connectivity index (χ1n) is 10.7. The van der Waals surface area contributed by atoms with Crippen molar-refractivity contribution >= 4 is 22.6 Å². The first-order valence-corrected chi connectivity index (χ1v) is 10.7. The third-order valence-electron chi connectivity index (χ3n) is 5.88.